The number of imidazole rings is 1. The number of hydrogen-bond acceptors (Lipinski definition) is 31. The maximum Gasteiger partial charge on any atom is 0.343 e. The molecule has 0 bridgehead atoms. The van der Waals surface area contributed by atoms with Crippen LogP contribution in [0.4, 0.5) is 0 Å². The molecular formula is C98H122N4O28. The quantitative estimate of drug-likeness (QED) is 0.0194. The Hall–Kier alpha value is -10.7. The molecule has 0 aliphatic carbocycles. The van der Waals surface area contributed by atoms with Gasteiger partial charge in [-0.3, -0.25) is 4.57 Å². The number of benzene rings is 8. The lowest BCUT2D eigenvalue weighted by molar-refractivity contribution is 0.0146. The fraction of sp³-hybridized carbons (Fsp3) is 0.439. The Bertz CT molecular complexity index is 4560. The summed E-state index contributed by atoms with van der Waals surface area (Å²) in [6, 6.07) is 59.8. The maximum atomic E-state index is 15.1. The number of aliphatic imine (C=N–C) groups is 2. The van der Waals surface area contributed by atoms with Gasteiger partial charge in [-0.15, -0.1) is 0 Å². The van der Waals surface area contributed by atoms with Crippen LogP contribution >= 0.6 is 0 Å². The number of nitrogens with zero attached hydrogens (tertiary/aromatic N) is 4. The van der Waals surface area contributed by atoms with Crippen molar-refractivity contribution in [3.63, 3.8) is 0 Å². The van der Waals surface area contributed by atoms with Gasteiger partial charge in [-0.2, -0.15) is 0 Å². The molecule has 0 fully saturated rings. The molecule has 2 heterocycles. The SMILES string of the molecule is COCCOCCOCCOc1cc(C(=O)Oc2ccc(-c3nc(-c4ccccc4)c(-c4ccccc4)n3C3(c4ccc(OC(=O)c5cc(OCCOCCOCCOC)c(OCCOCCOCCOC)c(OCCOCCOCCOC)c5)cc4)N=C(c4ccccc4)C(c4ccccc4)=N3)cc2)cc(OCCOCCOCCOC)c1OCCOCCOCCOC. The zero-order chi connectivity index (χ0) is 90.9. The summed E-state index contributed by atoms with van der Waals surface area (Å²) in [6.45, 7) is 10.4. The van der Waals surface area contributed by atoms with Gasteiger partial charge in [0.05, 0.1) is 232 Å². The van der Waals surface area contributed by atoms with Crippen LogP contribution in [0.5, 0.6) is 46.0 Å². The number of rotatable bonds is 71. The fourth-order valence-electron chi connectivity index (χ4n) is 12.9. The maximum absolute atomic E-state index is 15.1. The predicted octanol–water partition coefficient (Wildman–Crippen LogP) is 12.3. The lowest BCUT2D eigenvalue weighted by Crippen LogP contribution is -2.31. The molecule has 1 aromatic heterocycles. The first-order valence-electron chi connectivity index (χ1n) is 43.4. The number of ether oxygens (including phenoxy) is 26. The number of hydrogen-bond donors (Lipinski definition) is 0. The number of carbonyl (C=O) groups excluding carboxylic acids is 2. The molecule has 702 valence electrons. The first-order chi connectivity index (χ1) is 64.2. The minimum absolute atomic E-state index is 0.0468. The molecular weight excluding hydrogens is 1680 g/mol. The van der Waals surface area contributed by atoms with Crippen molar-refractivity contribution in [1.29, 1.82) is 0 Å². The fourth-order valence-corrected chi connectivity index (χ4v) is 12.9. The summed E-state index contributed by atoms with van der Waals surface area (Å²) in [7, 11) is 9.65. The third-order valence-corrected chi connectivity index (χ3v) is 19.1. The van der Waals surface area contributed by atoms with Crippen LogP contribution in [0.25, 0.3) is 33.9 Å². The normalized spacial score (nSPS) is 12.3. The second-order valence-corrected chi connectivity index (χ2v) is 28.3. The second-order valence-electron chi connectivity index (χ2n) is 28.3. The van der Waals surface area contributed by atoms with Crippen LogP contribution in [0.1, 0.15) is 37.4 Å². The third kappa shape index (κ3) is 33.6. The Morgan fingerprint density at radius 3 is 0.815 bits per heavy atom. The summed E-state index contributed by atoms with van der Waals surface area (Å²) in [5.74, 6) is -1.42. The molecule has 9 aromatic rings. The van der Waals surface area contributed by atoms with E-state index in [1.54, 1.807) is 66.9 Å². The Labute approximate surface area is 760 Å². The monoisotopic (exact) mass is 1800 g/mol. The van der Waals surface area contributed by atoms with Crippen LogP contribution in [-0.2, 0) is 91.1 Å². The average Bonchev–Trinajstić information content (AvgIpc) is 1.55. The molecule has 0 N–H and O–H groups in total. The van der Waals surface area contributed by atoms with Crippen LogP contribution in [0, 0.1) is 0 Å². The molecule has 130 heavy (non-hydrogen) atoms. The van der Waals surface area contributed by atoms with E-state index in [2.05, 4.69) is 4.57 Å². The van der Waals surface area contributed by atoms with Crippen LogP contribution in [-0.4, -0.2) is 313 Å². The van der Waals surface area contributed by atoms with Gasteiger partial charge in [0.15, 0.2) is 23.0 Å². The Morgan fingerprint density at radius 2 is 0.523 bits per heavy atom. The van der Waals surface area contributed by atoms with Crippen molar-refractivity contribution in [2.75, 3.05) is 281 Å². The second kappa shape index (κ2) is 60.3. The molecule has 0 saturated heterocycles. The molecule has 0 amide bonds. The van der Waals surface area contributed by atoms with Crippen molar-refractivity contribution >= 4 is 23.4 Å². The molecule has 0 atom stereocenters. The molecule has 32 nitrogen and oxygen atoms in total. The van der Waals surface area contributed by atoms with E-state index >= 15 is 4.79 Å². The largest absolute Gasteiger partial charge is 0.487 e. The number of aromatic nitrogens is 2. The standard InChI is InChI=1S/C98H122N4O28/c1-105-35-41-111-47-53-117-59-65-123-85-71-80(72-86(124-66-60-118-54-48-112-42-36-106-2)93(85)127-69-63-121-57-51-115-45-39-109-5)96(103)129-83-31-27-79(28-32-83)95-99-91(77-23-15-9-16-24-77)92(78-25-17-10-18-26-78)102(95)98(100-89(75-19-11-7-12-20-75)90(101-98)76-21-13-8-14-22-76)82-29-33-84(34-30-82)130-97(104)81-73-87(125-67-61-119-55-49-113-43-37-107-3)94(128-70-64-122-58-52-116-46-40-110-6)88(74-81)126-68-62-120-56-50-114-44-38-108-4/h7-34,71-74H,35-70H2,1-6H3. The van der Waals surface area contributed by atoms with E-state index in [0.717, 1.165) is 22.3 Å². The highest BCUT2D eigenvalue weighted by Gasteiger charge is 2.45. The van der Waals surface area contributed by atoms with E-state index in [1.807, 2.05) is 146 Å². The van der Waals surface area contributed by atoms with Gasteiger partial charge in [0, 0.05) is 76.0 Å². The summed E-state index contributed by atoms with van der Waals surface area (Å²) in [6.07, 6.45) is 0. The summed E-state index contributed by atoms with van der Waals surface area (Å²) < 4.78 is 153. The lowest BCUT2D eigenvalue weighted by atomic mass is 10.0. The molecule has 0 unspecified atom stereocenters. The lowest BCUT2D eigenvalue weighted by Gasteiger charge is -2.30. The Morgan fingerprint density at radius 1 is 0.269 bits per heavy atom. The first kappa shape index (κ1) is 101. The van der Waals surface area contributed by atoms with Crippen molar-refractivity contribution in [2.24, 2.45) is 9.98 Å². The summed E-state index contributed by atoms with van der Waals surface area (Å²) >= 11 is 0. The van der Waals surface area contributed by atoms with E-state index in [4.69, 9.17) is 138 Å². The van der Waals surface area contributed by atoms with Crippen molar-refractivity contribution in [2.45, 2.75) is 5.79 Å². The van der Waals surface area contributed by atoms with Crippen molar-refractivity contribution < 1.29 is 133 Å². The van der Waals surface area contributed by atoms with Crippen LogP contribution in [0.15, 0.2) is 204 Å². The summed E-state index contributed by atoms with van der Waals surface area (Å²) in [4.78, 5) is 47.6. The van der Waals surface area contributed by atoms with E-state index in [1.165, 1.54) is 24.3 Å². The van der Waals surface area contributed by atoms with Gasteiger partial charge in [0.1, 0.15) is 57.0 Å². The minimum atomic E-state index is -1.76. The third-order valence-electron chi connectivity index (χ3n) is 19.1. The predicted molar refractivity (Wildman–Crippen MR) is 485 cm³/mol. The van der Waals surface area contributed by atoms with Crippen molar-refractivity contribution in [3.8, 4) is 79.9 Å². The van der Waals surface area contributed by atoms with Gasteiger partial charge in [-0.25, -0.2) is 24.6 Å². The van der Waals surface area contributed by atoms with E-state index < -0.39 is 17.7 Å². The molecule has 32 heteroatoms. The number of esters is 2. The summed E-state index contributed by atoms with van der Waals surface area (Å²) in [5.41, 5.74) is 6.79. The van der Waals surface area contributed by atoms with Gasteiger partial charge in [0.25, 0.3) is 5.79 Å². The molecule has 0 spiro atoms. The van der Waals surface area contributed by atoms with Gasteiger partial charge < -0.3 is 123 Å². The van der Waals surface area contributed by atoms with Crippen molar-refractivity contribution in [1.82, 2.24) is 9.55 Å². The average molecular weight is 1800 g/mol. The van der Waals surface area contributed by atoms with Crippen molar-refractivity contribution in [3.05, 3.63) is 222 Å². The highest BCUT2D eigenvalue weighted by molar-refractivity contribution is 6.54. The molecule has 1 aliphatic heterocycles. The van der Waals surface area contributed by atoms with Gasteiger partial charge in [-0.05, 0) is 72.8 Å². The summed E-state index contributed by atoms with van der Waals surface area (Å²) in [5, 5.41) is 0. The first-order valence-corrected chi connectivity index (χ1v) is 43.4. The van der Waals surface area contributed by atoms with E-state index in [0.29, 0.717) is 198 Å². The van der Waals surface area contributed by atoms with E-state index in [9.17, 15) is 4.79 Å². The number of carbonyl (C=O) groups is 2. The van der Waals surface area contributed by atoms with Gasteiger partial charge >= 0.3 is 11.9 Å². The van der Waals surface area contributed by atoms with Gasteiger partial charge in [0.2, 0.25) is 11.5 Å². The zero-order valence-electron chi connectivity index (χ0n) is 75.2. The van der Waals surface area contributed by atoms with E-state index in [-0.39, 0.29) is 136 Å². The zero-order valence-corrected chi connectivity index (χ0v) is 75.2. The highest BCUT2D eigenvalue weighted by atomic mass is 16.6. The molecule has 1 aliphatic rings. The number of methoxy groups -OCH3 is 6. The molecule has 0 saturated carbocycles. The Balaban J connectivity index is 1.03. The Kier molecular flexibility index (Phi) is 47.1. The van der Waals surface area contributed by atoms with Crippen LogP contribution < -0.4 is 37.9 Å². The van der Waals surface area contributed by atoms with Crippen LogP contribution in [0.3, 0.4) is 0 Å². The minimum Gasteiger partial charge on any atom is -0.487 e. The highest BCUT2D eigenvalue weighted by Crippen LogP contribution is 2.48. The van der Waals surface area contributed by atoms with Crippen LogP contribution in [0.2, 0.25) is 0 Å². The molecule has 8 aromatic carbocycles. The molecule has 10 rings (SSSR count). The topological polar surface area (TPSA) is 317 Å². The smallest absolute Gasteiger partial charge is 0.343 e. The van der Waals surface area contributed by atoms with Gasteiger partial charge in [-0.1, -0.05) is 121 Å². The molecule has 0 radical (unpaired) electrons.